The molecule has 196 valence electrons. The second-order valence-corrected chi connectivity index (χ2v) is 11.4. The molecule has 1 aliphatic heterocycles. The first-order valence-corrected chi connectivity index (χ1v) is 13.4. The molecule has 10 heteroatoms. The number of halogens is 1. The van der Waals surface area contributed by atoms with Crippen molar-refractivity contribution in [1.29, 1.82) is 0 Å². The van der Waals surface area contributed by atoms with E-state index in [1.54, 1.807) is 24.1 Å². The molecular formula is C27H30FN3O5S. The number of nitrogens with zero attached hydrogens (tertiary/aromatic N) is 3. The van der Waals surface area contributed by atoms with Crippen molar-refractivity contribution in [2.24, 2.45) is 5.92 Å². The smallest absolute Gasteiger partial charge is 0.259 e. The van der Waals surface area contributed by atoms with E-state index in [2.05, 4.69) is 4.98 Å². The fourth-order valence-corrected chi connectivity index (χ4v) is 5.48. The molecule has 0 aliphatic carbocycles. The Hall–Kier alpha value is -3.34. The Balaban J connectivity index is 1.71. The quantitative estimate of drug-likeness (QED) is 0.506. The molecule has 1 aliphatic rings. The summed E-state index contributed by atoms with van der Waals surface area (Å²) in [4.78, 5) is 19.4. The molecule has 2 aromatic carbocycles. The Kier molecular flexibility index (Phi) is 7.91. The predicted molar refractivity (Wildman–Crippen MR) is 137 cm³/mol. The maximum absolute atomic E-state index is 13.7. The Bertz CT molecular complexity index is 1370. The highest BCUT2D eigenvalue weighted by Crippen LogP contribution is 2.31. The van der Waals surface area contributed by atoms with E-state index in [-0.39, 0.29) is 47.9 Å². The second kappa shape index (κ2) is 11.0. The number of likely N-dealkylation sites (N-methyl/N-ethyl adjacent to an activating group) is 1. The van der Waals surface area contributed by atoms with Gasteiger partial charge in [0.2, 0.25) is 15.9 Å². The molecule has 37 heavy (non-hydrogen) atoms. The number of pyridine rings is 1. The SMILES string of the molecule is C[C@H](CO)N1C[C@H](C)[C@H](CN(C)S(=O)(=O)c2cccc(F)c2)Oc2ncc(-c3ccccc3)cc2C1=O. The molecule has 0 spiro atoms. The lowest BCUT2D eigenvalue weighted by Gasteiger charge is -2.37. The molecule has 8 nitrogen and oxygen atoms in total. The average Bonchev–Trinajstić information content (AvgIpc) is 2.90. The lowest BCUT2D eigenvalue weighted by molar-refractivity contribution is 0.0373. The van der Waals surface area contributed by atoms with Gasteiger partial charge in [0.15, 0.2) is 0 Å². The van der Waals surface area contributed by atoms with E-state index >= 15 is 0 Å². The Morgan fingerprint density at radius 1 is 1.16 bits per heavy atom. The van der Waals surface area contributed by atoms with E-state index in [1.165, 1.54) is 25.2 Å². The number of fused-ring (bicyclic) bond motifs is 1. The van der Waals surface area contributed by atoms with Gasteiger partial charge in [-0.1, -0.05) is 43.3 Å². The molecule has 2 heterocycles. The second-order valence-electron chi connectivity index (χ2n) is 9.31. The first-order valence-electron chi connectivity index (χ1n) is 12.0. The zero-order valence-electron chi connectivity index (χ0n) is 20.9. The first kappa shape index (κ1) is 26.7. The molecule has 1 N–H and O–H groups in total. The van der Waals surface area contributed by atoms with Gasteiger partial charge in [0.05, 0.1) is 24.1 Å². The van der Waals surface area contributed by atoms with Crippen LogP contribution < -0.4 is 4.74 Å². The first-order chi connectivity index (χ1) is 17.6. The van der Waals surface area contributed by atoms with Gasteiger partial charge in [0, 0.05) is 31.3 Å². The van der Waals surface area contributed by atoms with Crippen LogP contribution in [0, 0.1) is 11.7 Å². The topological polar surface area (TPSA) is 100 Å². The van der Waals surface area contributed by atoms with Crippen LogP contribution in [0.2, 0.25) is 0 Å². The van der Waals surface area contributed by atoms with Crippen LogP contribution in [0.25, 0.3) is 11.1 Å². The highest BCUT2D eigenvalue weighted by atomic mass is 32.2. The summed E-state index contributed by atoms with van der Waals surface area (Å²) in [5.41, 5.74) is 1.83. The molecule has 3 aromatic rings. The number of aliphatic hydroxyl groups excluding tert-OH is 1. The minimum atomic E-state index is -4.00. The molecule has 4 rings (SSSR count). The average molecular weight is 528 g/mol. The third-order valence-electron chi connectivity index (χ3n) is 6.57. The van der Waals surface area contributed by atoms with Crippen LogP contribution in [0.4, 0.5) is 4.39 Å². The Labute approximate surface area is 216 Å². The van der Waals surface area contributed by atoms with E-state index in [4.69, 9.17) is 4.74 Å². The Morgan fingerprint density at radius 2 is 1.89 bits per heavy atom. The monoisotopic (exact) mass is 527 g/mol. The van der Waals surface area contributed by atoms with Gasteiger partial charge in [-0.15, -0.1) is 0 Å². The predicted octanol–water partition coefficient (Wildman–Crippen LogP) is 3.43. The van der Waals surface area contributed by atoms with E-state index in [1.807, 2.05) is 37.3 Å². The number of benzene rings is 2. The van der Waals surface area contributed by atoms with Gasteiger partial charge in [-0.25, -0.2) is 17.8 Å². The number of ether oxygens (including phenoxy) is 1. The Morgan fingerprint density at radius 3 is 2.57 bits per heavy atom. The molecule has 0 radical (unpaired) electrons. The number of hydrogen-bond donors (Lipinski definition) is 1. The fraction of sp³-hybridized carbons (Fsp3) is 0.333. The van der Waals surface area contributed by atoms with Crippen molar-refractivity contribution in [3.8, 4) is 17.0 Å². The number of hydrogen-bond acceptors (Lipinski definition) is 6. The van der Waals surface area contributed by atoms with Crippen LogP contribution in [-0.2, 0) is 10.0 Å². The third kappa shape index (κ3) is 5.66. The van der Waals surface area contributed by atoms with Crippen molar-refractivity contribution in [3.05, 3.63) is 78.2 Å². The van der Waals surface area contributed by atoms with Crippen LogP contribution in [0.3, 0.4) is 0 Å². The zero-order chi connectivity index (χ0) is 26.7. The number of carbonyl (C=O) groups excluding carboxylic acids is 1. The standard InChI is InChI=1S/C27H30FN3O5S/c1-18-15-31(19(2)17-32)27(33)24-12-21(20-8-5-4-6-9-20)14-29-26(24)36-25(18)16-30(3)37(34,35)23-11-7-10-22(28)13-23/h4-14,18-19,25,32H,15-17H2,1-3H3/t18-,19+,25-/m0/s1. The molecule has 0 unspecified atom stereocenters. The summed E-state index contributed by atoms with van der Waals surface area (Å²) < 4.78 is 47.3. The van der Waals surface area contributed by atoms with E-state index in [9.17, 15) is 22.7 Å². The zero-order valence-corrected chi connectivity index (χ0v) is 21.7. The van der Waals surface area contributed by atoms with E-state index < -0.39 is 28.0 Å². The normalized spacial score (nSPS) is 19.1. The van der Waals surface area contributed by atoms with Gasteiger partial charge >= 0.3 is 0 Å². The molecule has 0 saturated carbocycles. The van der Waals surface area contributed by atoms with Gasteiger partial charge in [0.1, 0.15) is 17.5 Å². The number of carbonyl (C=O) groups is 1. The van der Waals surface area contributed by atoms with Crippen LogP contribution in [0.1, 0.15) is 24.2 Å². The molecule has 1 amide bonds. The highest BCUT2D eigenvalue weighted by molar-refractivity contribution is 7.89. The number of sulfonamides is 1. The third-order valence-corrected chi connectivity index (χ3v) is 8.39. The van der Waals surface area contributed by atoms with Crippen molar-refractivity contribution >= 4 is 15.9 Å². The van der Waals surface area contributed by atoms with Gasteiger partial charge in [-0.2, -0.15) is 4.31 Å². The largest absolute Gasteiger partial charge is 0.472 e. The molecule has 0 saturated heterocycles. The van der Waals surface area contributed by atoms with Crippen molar-refractivity contribution in [2.45, 2.75) is 30.9 Å². The van der Waals surface area contributed by atoms with E-state index in [0.29, 0.717) is 0 Å². The fourth-order valence-electron chi connectivity index (χ4n) is 4.27. The van der Waals surface area contributed by atoms with Gasteiger partial charge < -0.3 is 14.7 Å². The maximum Gasteiger partial charge on any atom is 0.259 e. The number of aliphatic hydroxyl groups is 1. The van der Waals surface area contributed by atoms with E-state index in [0.717, 1.165) is 21.5 Å². The highest BCUT2D eigenvalue weighted by Gasteiger charge is 2.36. The minimum absolute atomic E-state index is 0.0584. The summed E-state index contributed by atoms with van der Waals surface area (Å²) in [5.74, 6) is -1.20. The summed E-state index contributed by atoms with van der Waals surface area (Å²) in [7, 11) is -2.59. The van der Waals surface area contributed by atoms with Crippen molar-refractivity contribution in [3.63, 3.8) is 0 Å². The summed E-state index contributed by atoms with van der Waals surface area (Å²) in [6.45, 7) is 3.53. The lowest BCUT2D eigenvalue weighted by Crippen LogP contribution is -2.50. The minimum Gasteiger partial charge on any atom is -0.472 e. The van der Waals surface area contributed by atoms with Crippen LogP contribution in [-0.4, -0.2) is 72.5 Å². The van der Waals surface area contributed by atoms with Gasteiger partial charge in [0.25, 0.3) is 5.91 Å². The number of rotatable bonds is 7. The summed E-state index contributed by atoms with van der Waals surface area (Å²) in [6.07, 6.45) is 0.932. The lowest BCUT2D eigenvalue weighted by atomic mass is 9.99. The van der Waals surface area contributed by atoms with Crippen molar-refractivity contribution < 1.29 is 27.4 Å². The summed E-state index contributed by atoms with van der Waals surface area (Å²) in [6, 6.07) is 15.5. The summed E-state index contributed by atoms with van der Waals surface area (Å²) in [5, 5.41) is 9.84. The molecule has 1 aromatic heterocycles. The molecule has 0 bridgehead atoms. The van der Waals surface area contributed by atoms with Crippen molar-refractivity contribution in [1.82, 2.24) is 14.2 Å². The molecular weight excluding hydrogens is 497 g/mol. The molecule has 3 atom stereocenters. The van der Waals surface area contributed by atoms with Crippen molar-refractivity contribution in [2.75, 3.05) is 26.7 Å². The summed E-state index contributed by atoms with van der Waals surface area (Å²) >= 11 is 0. The van der Waals surface area contributed by atoms with Crippen LogP contribution in [0.5, 0.6) is 5.88 Å². The van der Waals surface area contributed by atoms with Gasteiger partial charge in [-0.05, 0) is 36.8 Å². The van der Waals surface area contributed by atoms with Crippen LogP contribution in [0.15, 0.2) is 71.8 Å². The maximum atomic E-state index is 13.7. The molecule has 0 fully saturated rings. The number of aromatic nitrogens is 1. The number of amides is 1. The van der Waals surface area contributed by atoms with Crippen LogP contribution >= 0.6 is 0 Å². The van der Waals surface area contributed by atoms with Gasteiger partial charge in [-0.3, -0.25) is 4.79 Å².